The number of likely N-dealkylation sites (tertiary alicyclic amines) is 1. The molecule has 104 valence electrons. The van der Waals surface area contributed by atoms with Crippen LogP contribution in [0.3, 0.4) is 0 Å². The highest BCUT2D eigenvalue weighted by atomic mass is 35.5. The molecule has 1 aliphatic rings. The molecule has 0 aliphatic carbocycles. The molecular weight excluding hydrogens is 272 g/mol. The summed E-state index contributed by atoms with van der Waals surface area (Å²) in [4.78, 5) is 12.2. The summed E-state index contributed by atoms with van der Waals surface area (Å²) in [6.07, 6.45) is 1.06. The van der Waals surface area contributed by atoms with Crippen LogP contribution in [0.5, 0.6) is 5.75 Å². The van der Waals surface area contributed by atoms with Crippen LogP contribution in [-0.2, 0) is 6.54 Å². The van der Waals surface area contributed by atoms with Crippen LogP contribution in [0, 0.1) is 10.1 Å². The Morgan fingerprint density at radius 1 is 1.42 bits per heavy atom. The minimum Gasteiger partial charge on any atom is -0.502 e. The van der Waals surface area contributed by atoms with Crippen LogP contribution in [-0.4, -0.2) is 39.2 Å². The fourth-order valence-corrected chi connectivity index (χ4v) is 2.45. The maximum Gasteiger partial charge on any atom is 0.312 e. The van der Waals surface area contributed by atoms with Gasteiger partial charge in [-0.25, -0.2) is 0 Å². The third-order valence-corrected chi connectivity index (χ3v) is 3.50. The number of piperidine rings is 1. The highest BCUT2D eigenvalue weighted by Crippen LogP contribution is 2.34. The number of aromatic hydroxyl groups is 1. The molecule has 1 aromatic rings. The van der Waals surface area contributed by atoms with E-state index in [0.717, 1.165) is 6.07 Å². The van der Waals surface area contributed by atoms with Crippen molar-refractivity contribution in [2.75, 3.05) is 13.1 Å². The van der Waals surface area contributed by atoms with Crippen molar-refractivity contribution in [3.63, 3.8) is 0 Å². The number of hydrogen-bond donors (Lipinski definition) is 2. The first-order valence-electron chi connectivity index (χ1n) is 6.03. The molecule has 0 aromatic heterocycles. The minimum atomic E-state index is -0.648. The van der Waals surface area contributed by atoms with E-state index in [1.54, 1.807) is 0 Å². The number of nitro benzene ring substituents is 1. The SMILES string of the molecule is O=[N+]([O-])c1cc(Cl)cc(CN2CCC(O)CC2)c1O. The van der Waals surface area contributed by atoms with Crippen LogP contribution in [0.25, 0.3) is 0 Å². The normalized spacial score (nSPS) is 17.6. The maximum atomic E-state index is 10.8. The molecule has 1 fully saturated rings. The van der Waals surface area contributed by atoms with Crippen LogP contribution in [0.15, 0.2) is 12.1 Å². The van der Waals surface area contributed by atoms with E-state index in [1.807, 2.05) is 4.90 Å². The van der Waals surface area contributed by atoms with Gasteiger partial charge < -0.3 is 10.2 Å². The molecule has 1 aromatic carbocycles. The average Bonchev–Trinajstić information content (AvgIpc) is 2.35. The van der Waals surface area contributed by atoms with E-state index in [2.05, 4.69) is 0 Å². The first-order valence-corrected chi connectivity index (χ1v) is 6.41. The molecule has 0 saturated carbocycles. The zero-order valence-electron chi connectivity index (χ0n) is 10.3. The Labute approximate surface area is 115 Å². The van der Waals surface area contributed by atoms with Gasteiger partial charge in [0.15, 0.2) is 5.75 Å². The zero-order valence-corrected chi connectivity index (χ0v) is 11.0. The van der Waals surface area contributed by atoms with Gasteiger partial charge in [-0.2, -0.15) is 0 Å². The Kier molecular flexibility index (Phi) is 4.24. The number of phenolic OH excluding ortho intramolecular Hbond substituents is 1. The number of hydrogen-bond acceptors (Lipinski definition) is 5. The molecule has 0 bridgehead atoms. The summed E-state index contributed by atoms with van der Waals surface area (Å²) in [6, 6.07) is 2.68. The number of phenols is 1. The second-order valence-corrected chi connectivity index (χ2v) is 5.13. The van der Waals surface area contributed by atoms with Gasteiger partial charge in [-0.05, 0) is 18.9 Å². The number of halogens is 1. The second-order valence-electron chi connectivity index (χ2n) is 4.70. The smallest absolute Gasteiger partial charge is 0.312 e. The molecule has 7 heteroatoms. The van der Waals surface area contributed by atoms with E-state index in [1.165, 1.54) is 6.07 Å². The lowest BCUT2D eigenvalue weighted by Crippen LogP contribution is -2.35. The van der Waals surface area contributed by atoms with E-state index in [-0.39, 0.29) is 22.6 Å². The van der Waals surface area contributed by atoms with Gasteiger partial charge >= 0.3 is 5.69 Å². The lowest BCUT2D eigenvalue weighted by Gasteiger charge is -2.29. The molecule has 1 aliphatic heterocycles. The van der Waals surface area contributed by atoms with E-state index >= 15 is 0 Å². The van der Waals surface area contributed by atoms with Gasteiger partial charge in [0.25, 0.3) is 0 Å². The van der Waals surface area contributed by atoms with Gasteiger partial charge in [0.1, 0.15) is 0 Å². The van der Waals surface area contributed by atoms with Crippen LogP contribution >= 0.6 is 11.6 Å². The summed E-state index contributed by atoms with van der Waals surface area (Å²) < 4.78 is 0. The summed E-state index contributed by atoms with van der Waals surface area (Å²) in [5.41, 5.74) is 0.0649. The van der Waals surface area contributed by atoms with E-state index in [4.69, 9.17) is 11.6 Å². The van der Waals surface area contributed by atoms with Gasteiger partial charge in [0.05, 0.1) is 11.0 Å². The molecule has 19 heavy (non-hydrogen) atoms. The number of aliphatic hydroxyl groups excluding tert-OH is 1. The highest BCUT2D eigenvalue weighted by molar-refractivity contribution is 6.31. The van der Waals surface area contributed by atoms with Crippen LogP contribution in [0.2, 0.25) is 5.02 Å². The third kappa shape index (κ3) is 3.34. The lowest BCUT2D eigenvalue weighted by molar-refractivity contribution is -0.385. The van der Waals surface area contributed by atoms with Crippen LogP contribution in [0.1, 0.15) is 18.4 Å². The molecule has 1 saturated heterocycles. The van der Waals surface area contributed by atoms with Gasteiger partial charge in [0, 0.05) is 36.3 Å². The summed E-state index contributed by atoms with van der Waals surface area (Å²) in [7, 11) is 0. The van der Waals surface area contributed by atoms with Crippen molar-refractivity contribution in [2.45, 2.75) is 25.5 Å². The topological polar surface area (TPSA) is 86.8 Å². The zero-order chi connectivity index (χ0) is 14.0. The maximum absolute atomic E-state index is 10.8. The van der Waals surface area contributed by atoms with Crippen molar-refractivity contribution in [3.8, 4) is 5.75 Å². The molecule has 0 amide bonds. The standard InChI is InChI=1S/C12H15ClN2O4/c13-9-5-8(12(17)11(6-9)15(18)19)7-14-3-1-10(16)2-4-14/h5-6,10,16-17H,1-4,7H2. The number of benzene rings is 1. The molecule has 1 heterocycles. The summed E-state index contributed by atoms with van der Waals surface area (Å²) in [6.45, 7) is 1.78. The Balaban J connectivity index is 2.18. The number of nitro groups is 1. The fourth-order valence-electron chi connectivity index (χ4n) is 2.22. The second kappa shape index (κ2) is 5.73. The number of nitrogens with zero attached hydrogens (tertiary/aromatic N) is 2. The monoisotopic (exact) mass is 286 g/mol. The van der Waals surface area contributed by atoms with Crippen LogP contribution in [0.4, 0.5) is 5.69 Å². The first kappa shape index (κ1) is 14.0. The first-order chi connectivity index (χ1) is 8.97. The van der Waals surface area contributed by atoms with Gasteiger partial charge in [-0.15, -0.1) is 0 Å². The predicted octanol–water partition coefficient (Wildman–Crippen LogP) is 1.91. The third-order valence-electron chi connectivity index (χ3n) is 3.28. The molecule has 6 nitrogen and oxygen atoms in total. The van der Waals surface area contributed by atoms with Crippen molar-refractivity contribution in [3.05, 3.63) is 32.8 Å². The Hall–Kier alpha value is -1.37. The van der Waals surface area contributed by atoms with Crippen molar-refractivity contribution in [2.24, 2.45) is 0 Å². The quantitative estimate of drug-likeness (QED) is 0.655. The van der Waals surface area contributed by atoms with E-state index in [9.17, 15) is 20.3 Å². The molecule has 0 atom stereocenters. The summed E-state index contributed by atoms with van der Waals surface area (Å²) in [5, 5.41) is 30.3. The van der Waals surface area contributed by atoms with Crippen molar-refractivity contribution >= 4 is 17.3 Å². The molecular formula is C12H15ClN2O4. The number of rotatable bonds is 3. The molecule has 0 radical (unpaired) electrons. The van der Waals surface area contributed by atoms with E-state index in [0.29, 0.717) is 38.0 Å². The molecule has 0 unspecified atom stereocenters. The van der Waals surface area contributed by atoms with Crippen LogP contribution < -0.4 is 0 Å². The minimum absolute atomic E-state index is 0.233. The number of aliphatic hydroxyl groups is 1. The Bertz CT molecular complexity index is 487. The molecule has 0 spiro atoms. The molecule has 2 N–H and O–H groups in total. The van der Waals surface area contributed by atoms with E-state index < -0.39 is 4.92 Å². The van der Waals surface area contributed by atoms with Gasteiger partial charge in [0.2, 0.25) is 0 Å². The van der Waals surface area contributed by atoms with Crippen molar-refractivity contribution in [1.29, 1.82) is 0 Å². The highest BCUT2D eigenvalue weighted by Gasteiger charge is 2.22. The largest absolute Gasteiger partial charge is 0.502 e. The summed E-state index contributed by atoms with van der Waals surface area (Å²) >= 11 is 5.83. The Morgan fingerprint density at radius 2 is 2.05 bits per heavy atom. The summed E-state index contributed by atoms with van der Waals surface area (Å²) in [5.74, 6) is -0.333. The van der Waals surface area contributed by atoms with Crippen molar-refractivity contribution in [1.82, 2.24) is 4.90 Å². The van der Waals surface area contributed by atoms with Crippen molar-refractivity contribution < 1.29 is 15.1 Å². The Morgan fingerprint density at radius 3 is 2.63 bits per heavy atom. The lowest BCUT2D eigenvalue weighted by atomic mass is 10.1. The van der Waals surface area contributed by atoms with Gasteiger partial charge in [-0.1, -0.05) is 11.6 Å². The predicted molar refractivity (Wildman–Crippen MR) is 70.3 cm³/mol. The fraction of sp³-hybridized carbons (Fsp3) is 0.500. The van der Waals surface area contributed by atoms with Gasteiger partial charge in [-0.3, -0.25) is 15.0 Å². The average molecular weight is 287 g/mol. The molecule has 2 rings (SSSR count).